The van der Waals surface area contributed by atoms with E-state index < -0.39 is 5.60 Å². The largest absolute Gasteiger partial charge is 0.497 e. The van der Waals surface area contributed by atoms with Crippen molar-refractivity contribution in [2.45, 2.75) is 71.9 Å². The van der Waals surface area contributed by atoms with E-state index in [0.717, 1.165) is 30.7 Å². The molecule has 0 bridgehead atoms. The summed E-state index contributed by atoms with van der Waals surface area (Å²) in [7, 11) is 1.65. The van der Waals surface area contributed by atoms with Gasteiger partial charge in [-0.2, -0.15) is 0 Å². The molecule has 2 amide bonds. The smallest absolute Gasteiger partial charge is 0.410 e. The molecule has 2 rings (SSSR count). The number of hydrogen-bond donors (Lipinski definition) is 0. The maximum absolute atomic E-state index is 12.8. The van der Waals surface area contributed by atoms with Gasteiger partial charge in [0.1, 0.15) is 11.4 Å². The second-order valence-corrected chi connectivity index (χ2v) is 9.43. The van der Waals surface area contributed by atoms with E-state index in [4.69, 9.17) is 9.47 Å². The molecule has 6 heteroatoms. The van der Waals surface area contributed by atoms with E-state index in [9.17, 15) is 9.59 Å². The average molecular weight is 419 g/mol. The van der Waals surface area contributed by atoms with Crippen molar-refractivity contribution >= 4 is 12.0 Å². The predicted molar refractivity (Wildman–Crippen MR) is 119 cm³/mol. The van der Waals surface area contributed by atoms with E-state index in [1.165, 1.54) is 0 Å². The summed E-state index contributed by atoms with van der Waals surface area (Å²) in [5.41, 5.74) is 0.589. The Hall–Kier alpha value is -2.24. The van der Waals surface area contributed by atoms with E-state index >= 15 is 0 Å². The van der Waals surface area contributed by atoms with E-state index in [1.807, 2.05) is 63.8 Å². The van der Waals surface area contributed by atoms with Gasteiger partial charge in [-0.05, 0) is 77.5 Å². The molecule has 1 saturated heterocycles. The molecule has 30 heavy (non-hydrogen) atoms. The van der Waals surface area contributed by atoms with Crippen LogP contribution in [0.15, 0.2) is 24.3 Å². The molecular formula is C24H38N2O4. The van der Waals surface area contributed by atoms with Crippen LogP contribution in [0.25, 0.3) is 0 Å². The van der Waals surface area contributed by atoms with Crippen molar-refractivity contribution in [3.05, 3.63) is 29.8 Å². The van der Waals surface area contributed by atoms with Crippen molar-refractivity contribution in [3.8, 4) is 5.75 Å². The van der Waals surface area contributed by atoms with Gasteiger partial charge in [-0.1, -0.05) is 12.1 Å². The van der Waals surface area contributed by atoms with Gasteiger partial charge in [-0.15, -0.1) is 0 Å². The summed E-state index contributed by atoms with van der Waals surface area (Å²) < 4.78 is 10.8. The van der Waals surface area contributed by atoms with Gasteiger partial charge >= 0.3 is 6.09 Å². The number of aryl methyl sites for hydroxylation is 1. The van der Waals surface area contributed by atoms with Crippen LogP contribution in [0, 0.1) is 5.92 Å². The lowest BCUT2D eigenvalue weighted by Crippen LogP contribution is -2.48. The Bertz CT molecular complexity index is 711. The highest BCUT2D eigenvalue weighted by atomic mass is 16.6. The zero-order valence-corrected chi connectivity index (χ0v) is 19.4. The highest BCUT2D eigenvalue weighted by Gasteiger charge is 2.30. The number of carbonyl (C=O) groups is 2. The van der Waals surface area contributed by atoms with Crippen LogP contribution in [0.4, 0.5) is 4.79 Å². The number of benzene rings is 1. The van der Waals surface area contributed by atoms with Crippen LogP contribution in [-0.2, 0) is 16.0 Å². The number of rotatable bonds is 7. The van der Waals surface area contributed by atoms with E-state index in [-0.39, 0.29) is 24.0 Å². The van der Waals surface area contributed by atoms with Crippen LogP contribution < -0.4 is 4.74 Å². The number of methoxy groups -OCH3 is 1. The van der Waals surface area contributed by atoms with Gasteiger partial charge in [0.25, 0.3) is 0 Å². The Kier molecular flexibility index (Phi) is 8.56. The fraction of sp³-hybridized carbons (Fsp3) is 0.667. The lowest BCUT2D eigenvalue weighted by molar-refractivity contribution is -0.133. The zero-order chi connectivity index (χ0) is 22.3. The van der Waals surface area contributed by atoms with Crippen LogP contribution in [0.1, 0.15) is 59.4 Å². The molecule has 1 atom stereocenters. The molecule has 168 valence electrons. The van der Waals surface area contributed by atoms with Crippen molar-refractivity contribution in [1.29, 1.82) is 0 Å². The molecule has 0 aliphatic carbocycles. The molecule has 0 radical (unpaired) electrons. The van der Waals surface area contributed by atoms with Crippen molar-refractivity contribution in [3.63, 3.8) is 0 Å². The summed E-state index contributed by atoms with van der Waals surface area (Å²) in [4.78, 5) is 29.2. The van der Waals surface area contributed by atoms with Gasteiger partial charge in [0.2, 0.25) is 5.91 Å². The monoisotopic (exact) mass is 418 g/mol. The minimum Gasteiger partial charge on any atom is -0.497 e. The maximum atomic E-state index is 12.8. The Morgan fingerprint density at radius 3 is 2.63 bits per heavy atom. The Labute approximate surface area is 181 Å². The molecule has 0 saturated carbocycles. The Morgan fingerprint density at radius 2 is 2.00 bits per heavy atom. The van der Waals surface area contributed by atoms with Crippen molar-refractivity contribution in [1.82, 2.24) is 9.80 Å². The molecule has 0 aromatic heterocycles. The zero-order valence-electron chi connectivity index (χ0n) is 19.4. The molecular weight excluding hydrogens is 380 g/mol. The van der Waals surface area contributed by atoms with Gasteiger partial charge in [-0.3, -0.25) is 4.79 Å². The van der Waals surface area contributed by atoms with E-state index in [2.05, 4.69) is 0 Å². The highest BCUT2D eigenvalue weighted by molar-refractivity contribution is 5.76. The molecule has 1 aromatic rings. The lowest BCUT2D eigenvalue weighted by Gasteiger charge is -2.37. The number of ether oxygens (including phenoxy) is 2. The maximum Gasteiger partial charge on any atom is 0.410 e. The Morgan fingerprint density at radius 1 is 1.27 bits per heavy atom. The summed E-state index contributed by atoms with van der Waals surface area (Å²) in [6.45, 7) is 11.8. The fourth-order valence-electron chi connectivity index (χ4n) is 3.77. The molecule has 1 aliphatic rings. The first kappa shape index (κ1) is 24.0. The average Bonchev–Trinajstić information content (AvgIpc) is 2.69. The van der Waals surface area contributed by atoms with Crippen LogP contribution in [0.3, 0.4) is 0 Å². The van der Waals surface area contributed by atoms with Crippen LogP contribution in [-0.4, -0.2) is 60.2 Å². The first-order valence-electron chi connectivity index (χ1n) is 11.0. The van der Waals surface area contributed by atoms with Crippen molar-refractivity contribution in [2.24, 2.45) is 5.92 Å². The third-order valence-electron chi connectivity index (χ3n) is 5.34. The molecule has 0 N–H and O–H groups in total. The Balaban J connectivity index is 1.91. The number of carbonyl (C=O) groups excluding carboxylic acids is 2. The normalized spacial score (nSPS) is 17.0. The van der Waals surface area contributed by atoms with Gasteiger partial charge in [0, 0.05) is 32.1 Å². The second-order valence-electron chi connectivity index (χ2n) is 9.43. The molecule has 1 aromatic carbocycles. The van der Waals surface area contributed by atoms with Gasteiger partial charge < -0.3 is 19.3 Å². The van der Waals surface area contributed by atoms with Crippen LogP contribution in [0.2, 0.25) is 0 Å². The topological polar surface area (TPSA) is 59.1 Å². The van der Waals surface area contributed by atoms with Gasteiger partial charge in [0.15, 0.2) is 0 Å². The fourth-order valence-corrected chi connectivity index (χ4v) is 3.77. The van der Waals surface area contributed by atoms with Gasteiger partial charge in [-0.25, -0.2) is 4.79 Å². The third-order valence-corrected chi connectivity index (χ3v) is 5.34. The second kappa shape index (κ2) is 10.7. The predicted octanol–water partition coefficient (Wildman–Crippen LogP) is 4.51. The van der Waals surface area contributed by atoms with Crippen molar-refractivity contribution < 1.29 is 19.1 Å². The van der Waals surface area contributed by atoms with Crippen LogP contribution in [0.5, 0.6) is 5.75 Å². The highest BCUT2D eigenvalue weighted by Crippen LogP contribution is 2.22. The summed E-state index contributed by atoms with van der Waals surface area (Å²) in [6, 6.07) is 7.92. The van der Waals surface area contributed by atoms with E-state index in [1.54, 1.807) is 12.0 Å². The van der Waals surface area contributed by atoms with E-state index in [0.29, 0.717) is 25.9 Å². The number of nitrogens with zero attached hydrogens (tertiary/aromatic N) is 2. The quantitative estimate of drug-likeness (QED) is 0.654. The number of likely N-dealkylation sites (tertiary alicyclic amines) is 1. The summed E-state index contributed by atoms with van der Waals surface area (Å²) in [5, 5.41) is 0. The molecule has 6 nitrogen and oxygen atoms in total. The molecule has 1 aliphatic heterocycles. The van der Waals surface area contributed by atoms with Gasteiger partial charge in [0.05, 0.1) is 7.11 Å². The standard InChI is InChI=1S/C24H38N2O4/c1-18(2)26(23(28)30-24(3,4)5)17-20-10-8-14-25(16-20)22(27)13-12-19-9-7-11-21(15-19)29-6/h7,9,11,15,18,20H,8,10,12-14,16-17H2,1-6H3. The minimum absolute atomic E-state index is 0.0546. The summed E-state index contributed by atoms with van der Waals surface area (Å²) in [6.07, 6.45) is 2.90. The number of amides is 2. The molecule has 1 heterocycles. The third kappa shape index (κ3) is 7.54. The first-order chi connectivity index (χ1) is 14.1. The summed E-state index contributed by atoms with van der Waals surface area (Å²) in [5.74, 6) is 1.26. The molecule has 0 spiro atoms. The first-order valence-corrected chi connectivity index (χ1v) is 11.0. The minimum atomic E-state index is -0.515. The van der Waals surface area contributed by atoms with Crippen LogP contribution >= 0.6 is 0 Å². The van der Waals surface area contributed by atoms with Crippen molar-refractivity contribution in [2.75, 3.05) is 26.7 Å². The number of hydrogen-bond acceptors (Lipinski definition) is 4. The lowest BCUT2D eigenvalue weighted by atomic mass is 9.96. The SMILES string of the molecule is COc1cccc(CCC(=O)N2CCCC(CN(C(=O)OC(C)(C)C)C(C)C)C2)c1. The summed E-state index contributed by atoms with van der Waals surface area (Å²) >= 11 is 0. The number of piperidine rings is 1. The molecule has 1 unspecified atom stereocenters. The molecule has 1 fully saturated rings.